The Balaban J connectivity index is 0.00000141. The number of hydrogen-bond donors (Lipinski definition) is 1. The molecule has 1 aliphatic carbocycles. The van der Waals surface area contributed by atoms with Gasteiger partial charge in [-0.25, -0.2) is 13.2 Å². The van der Waals surface area contributed by atoms with Crippen molar-refractivity contribution in [2.45, 2.75) is 59.8 Å². The van der Waals surface area contributed by atoms with E-state index in [1.807, 2.05) is 13.8 Å². The van der Waals surface area contributed by atoms with Gasteiger partial charge in [0, 0.05) is 18.5 Å². The maximum absolute atomic E-state index is 14.6. The summed E-state index contributed by atoms with van der Waals surface area (Å²) in [5.74, 6) is -2.63. The second-order valence-corrected chi connectivity index (χ2v) is 9.04. The zero-order chi connectivity index (χ0) is 23.5. The SMILES string of the molecule is CC.Cc1ccc(Nc2c(C(=O)N3CC(C)(C4CCCCC4)C3)ccc(F)c2F)c(F)c1. The lowest BCUT2D eigenvalue weighted by atomic mass is 9.65. The molecule has 32 heavy (non-hydrogen) atoms. The van der Waals surface area contributed by atoms with E-state index < -0.39 is 17.5 Å². The van der Waals surface area contributed by atoms with Gasteiger partial charge in [0.05, 0.1) is 16.9 Å². The number of nitrogens with zero attached hydrogens (tertiary/aromatic N) is 1. The first-order valence-corrected chi connectivity index (χ1v) is 11.6. The Kier molecular flexibility index (Phi) is 7.52. The topological polar surface area (TPSA) is 32.3 Å². The third kappa shape index (κ3) is 4.79. The Labute approximate surface area is 189 Å². The molecule has 0 radical (unpaired) electrons. The first kappa shape index (κ1) is 24.1. The van der Waals surface area contributed by atoms with Gasteiger partial charge in [0.2, 0.25) is 0 Å². The van der Waals surface area contributed by atoms with Crippen molar-refractivity contribution >= 4 is 17.3 Å². The lowest BCUT2D eigenvalue weighted by Crippen LogP contribution is -2.60. The van der Waals surface area contributed by atoms with E-state index in [2.05, 4.69) is 12.2 Å². The number of halogens is 3. The van der Waals surface area contributed by atoms with Crippen molar-refractivity contribution in [1.29, 1.82) is 0 Å². The normalized spacial score (nSPS) is 17.8. The fraction of sp³-hybridized carbons (Fsp3) is 0.500. The van der Waals surface area contributed by atoms with Gasteiger partial charge in [0.25, 0.3) is 5.91 Å². The predicted octanol–water partition coefficient (Wildman–Crippen LogP) is 7.22. The molecule has 1 N–H and O–H groups in total. The van der Waals surface area contributed by atoms with E-state index in [4.69, 9.17) is 0 Å². The van der Waals surface area contributed by atoms with Crippen LogP contribution in [0.4, 0.5) is 24.5 Å². The van der Waals surface area contributed by atoms with E-state index >= 15 is 0 Å². The van der Waals surface area contributed by atoms with Gasteiger partial charge in [-0.3, -0.25) is 4.79 Å². The van der Waals surface area contributed by atoms with E-state index in [1.54, 1.807) is 17.9 Å². The van der Waals surface area contributed by atoms with Crippen molar-refractivity contribution in [3.63, 3.8) is 0 Å². The molecule has 1 heterocycles. The lowest BCUT2D eigenvalue weighted by molar-refractivity contribution is -0.0293. The Morgan fingerprint density at radius 3 is 2.28 bits per heavy atom. The van der Waals surface area contributed by atoms with Gasteiger partial charge in [-0.05, 0) is 55.5 Å². The predicted molar refractivity (Wildman–Crippen MR) is 123 cm³/mol. The minimum Gasteiger partial charge on any atom is -0.350 e. The Hall–Kier alpha value is -2.50. The van der Waals surface area contributed by atoms with Gasteiger partial charge in [0.15, 0.2) is 11.6 Å². The first-order valence-electron chi connectivity index (χ1n) is 11.6. The maximum atomic E-state index is 14.6. The summed E-state index contributed by atoms with van der Waals surface area (Å²) in [7, 11) is 0. The van der Waals surface area contributed by atoms with Gasteiger partial charge in [-0.2, -0.15) is 0 Å². The molecular weight excluding hydrogens is 413 g/mol. The van der Waals surface area contributed by atoms with Crippen LogP contribution in [0.1, 0.15) is 68.8 Å². The first-order chi connectivity index (χ1) is 15.3. The summed E-state index contributed by atoms with van der Waals surface area (Å²) < 4.78 is 42.8. The highest BCUT2D eigenvalue weighted by atomic mass is 19.2. The number of benzene rings is 2. The van der Waals surface area contributed by atoms with Crippen LogP contribution in [0.25, 0.3) is 0 Å². The highest BCUT2D eigenvalue weighted by Crippen LogP contribution is 2.45. The highest BCUT2D eigenvalue weighted by molar-refractivity contribution is 6.01. The highest BCUT2D eigenvalue weighted by Gasteiger charge is 2.47. The summed E-state index contributed by atoms with van der Waals surface area (Å²) >= 11 is 0. The van der Waals surface area contributed by atoms with Crippen molar-refractivity contribution in [3.05, 3.63) is 58.9 Å². The lowest BCUT2D eigenvalue weighted by Gasteiger charge is -2.53. The average Bonchev–Trinajstić information content (AvgIpc) is 2.78. The maximum Gasteiger partial charge on any atom is 0.256 e. The molecule has 1 amide bonds. The molecule has 2 aromatic rings. The van der Waals surface area contributed by atoms with Crippen LogP contribution < -0.4 is 5.32 Å². The second kappa shape index (κ2) is 9.97. The van der Waals surface area contributed by atoms with Gasteiger partial charge in [0.1, 0.15) is 5.82 Å². The number of aryl methyl sites for hydroxylation is 1. The largest absolute Gasteiger partial charge is 0.350 e. The van der Waals surface area contributed by atoms with Crippen molar-refractivity contribution < 1.29 is 18.0 Å². The Bertz CT molecular complexity index is 964. The van der Waals surface area contributed by atoms with E-state index in [0.717, 1.165) is 6.07 Å². The van der Waals surface area contributed by atoms with Gasteiger partial charge >= 0.3 is 0 Å². The molecule has 4 rings (SSSR count). The number of anilines is 2. The number of amides is 1. The van der Waals surface area contributed by atoms with E-state index in [0.29, 0.717) is 24.6 Å². The molecule has 1 saturated carbocycles. The van der Waals surface area contributed by atoms with E-state index in [-0.39, 0.29) is 28.3 Å². The van der Waals surface area contributed by atoms with Crippen LogP contribution in [0.15, 0.2) is 30.3 Å². The quantitative estimate of drug-likeness (QED) is 0.537. The number of hydrogen-bond acceptors (Lipinski definition) is 2. The minimum atomic E-state index is -1.18. The summed E-state index contributed by atoms with van der Waals surface area (Å²) in [6.45, 7) is 9.15. The number of carbonyl (C=O) groups is 1. The molecular formula is C26H33F3N2O. The molecule has 2 fully saturated rings. The second-order valence-electron chi connectivity index (χ2n) is 9.04. The summed E-state index contributed by atoms with van der Waals surface area (Å²) in [6.07, 6.45) is 6.10. The number of likely N-dealkylation sites (tertiary alicyclic amines) is 1. The zero-order valence-electron chi connectivity index (χ0n) is 19.4. The third-order valence-electron chi connectivity index (χ3n) is 6.69. The van der Waals surface area contributed by atoms with E-state index in [1.165, 1.54) is 50.3 Å². The van der Waals surface area contributed by atoms with Gasteiger partial charge in [-0.15, -0.1) is 0 Å². The van der Waals surface area contributed by atoms with Crippen molar-refractivity contribution in [1.82, 2.24) is 4.90 Å². The molecule has 3 nitrogen and oxygen atoms in total. The molecule has 2 aliphatic rings. The number of nitrogens with one attached hydrogen (secondary N) is 1. The zero-order valence-corrected chi connectivity index (χ0v) is 19.4. The molecule has 0 aromatic heterocycles. The monoisotopic (exact) mass is 446 g/mol. The standard InChI is InChI=1S/C24H27F3N2O.C2H6/c1-15-8-11-20(19(26)12-15)28-22-17(9-10-18(25)21(22)27)23(30)29-13-24(2,14-29)16-6-4-3-5-7-16;1-2/h8-12,16,28H,3-7,13-14H2,1-2H3;1-2H3. The minimum absolute atomic E-state index is 0.00481. The average molecular weight is 447 g/mol. The smallest absolute Gasteiger partial charge is 0.256 e. The van der Waals surface area contributed by atoms with Crippen molar-refractivity contribution in [3.8, 4) is 0 Å². The fourth-order valence-corrected chi connectivity index (χ4v) is 4.90. The molecule has 0 bridgehead atoms. The Morgan fingerprint density at radius 1 is 1.00 bits per heavy atom. The van der Waals surface area contributed by atoms with Crippen LogP contribution >= 0.6 is 0 Å². The molecule has 0 unspecified atom stereocenters. The van der Waals surface area contributed by atoms with Crippen LogP contribution in [-0.4, -0.2) is 23.9 Å². The number of carbonyl (C=O) groups excluding carboxylic acids is 1. The molecule has 0 spiro atoms. The molecule has 2 aromatic carbocycles. The molecule has 1 saturated heterocycles. The van der Waals surface area contributed by atoms with Crippen LogP contribution in [0.3, 0.4) is 0 Å². The van der Waals surface area contributed by atoms with Gasteiger partial charge < -0.3 is 10.2 Å². The summed E-state index contributed by atoms with van der Waals surface area (Å²) in [6, 6.07) is 6.62. The summed E-state index contributed by atoms with van der Waals surface area (Å²) in [4.78, 5) is 14.8. The van der Waals surface area contributed by atoms with Crippen LogP contribution in [0.5, 0.6) is 0 Å². The van der Waals surface area contributed by atoms with Crippen molar-refractivity contribution in [2.75, 3.05) is 18.4 Å². The van der Waals surface area contributed by atoms with Gasteiger partial charge in [-0.1, -0.05) is 46.1 Å². The third-order valence-corrected chi connectivity index (χ3v) is 6.69. The Morgan fingerprint density at radius 2 is 1.66 bits per heavy atom. The summed E-state index contributed by atoms with van der Waals surface area (Å²) in [5.41, 5.74) is 0.464. The van der Waals surface area contributed by atoms with Crippen LogP contribution in [0, 0.1) is 35.7 Å². The molecule has 6 heteroatoms. The fourth-order valence-electron chi connectivity index (χ4n) is 4.90. The number of rotatable bonds is 4. The van der Waals surface area contributed by atoms with Crippen LogP contribution in [0.2, 0.25) is 0 Å². The molecule has 0 atom stereocenters. The van der Waals surface area contributed by atoms with Crippen LogP contribution in [-0.2, 0) is 0 Å². The summed E-state index contributed by atoms with van der Waals surface area (Å²) in [5, 5.41) is 2.61. The molecule has 174 valence electrons. The van der Waals surface area contributed by atoms with Crippen molar-refractivity contribution in [2.24, 2.45) is 11.3 Å². The molecule has 1 aliphatic heterocycles. The van der Waals surface area contributed by atoms with E-state index in [9.17, 15) is 18.0 Å².